The number of pyridine rings is 2. The van der Waals surface area contributed by atoms with Crippen molar-refractivity contribution in [2.24, 2.45) is 0 Å². The number of ether oxygens (including phenoxy) is 2. The van der Waals surface area contributed by atoms with Crippen LogP contribution in [0.4, 0.5) is 5.82 Å². The molecule has 1 amide bonds. The van der Waals surface area contributed by atoms with E-state index in [1.807, 2.05) is 37.2 Å². The Morgan fingerprint density at radius 3 is 2.81 bits per heavy atom. The summed E-state index contributed by atoms with van der Waals surface area (Å²) in [5.41, 5.74) is 0.885. The number of aromatic nitrogens is 7. The molecule has 192 valence electrons. The average molecular weight is 504 g/mol. The fourth-order valence-corrected chi connectivity index (χ4v) is 4.14. The van der Waals surface area contributed by atoms with Crippen molar-refractivity contribution >= 4 is 11.7 Å². The molecule has 4 aromatic rings. The Balaban J connectivity index is 1.35. The molecular weight excluding hydrogens is 474 g/mol. The highest BCUT2D eigenvalue weighted by atomic mass is 16.5. The Bertz CT molecular complexity index is 1410. The van der Waals surface area contributed by atoms with Gasteiger partial charge in [0, 0.05) is 31.3 Å². The van der Waals surface area contributed by atoms with Crippen molar-refractivity contribution in [2.75, 3.05) is 39.7 Å². The molecule has 0 saturated carbocycles. The molecule has 12 heteroatoms. The summed E-state index contributed by atoms with van der Waals surface area (Å²) in [5.74, 6) is 2.75. The number of aryl methyl sites for hydroxylation is 1. The number of anilines is 1. The van der Waals surface area contributed by atoms with Crippen molar-refractivity contribution in [1.82, 2.24) is 39.4 Å². The van der Waals surface area contributed by atoms with Gasteiger partial charge in [-0.15, -0.1) is 15.3 Å². The maximum absolute atomic E-state index is 13.2. The zero-order valence-corrected chi connectivity index (χ0v) is 21.2. The summed E-state index contributed by atoms with van der Waals surface area (Å²) < 4.78 is 14.7. The van der Waals surface area contributed by atoms with Crippen molar-refractivity contribution in [3.8, 4) is 29.1 Å². The van der Waals surface area contributed by atoms with Crippen LogP contribution in [0.2, 0.25) is 0 Å². The van der Waals surface area contributed by atoms with E-state index in [-0.39, 0.29) is 11.4 Å². The molecule has 0 radical (unpaired) electrons. The zero-order valence-electron chi connectivity index (χ0n) is 21.2. The molecule has 0 aliphatic carbocycles. The van der Waals surface area contributed by atoms with Gasteiger partial charge >= 0.3 is 0 Å². The standard InChI is InChI=1S/C25H29N9O3/c1-16-11-12-21-29-30-23(34(16)21)18-7-5-8-19(26-18)27-24(35)17-15-33(31-25(17)36-4)20-9-6-10-22(28-20)37-14-13-32(2)3/h5-10,15-16H,11-14H2,1-4H3,(H,26,27,35)/t16-/m0/s1. The first-order valence-corrected chi connectivity index (χ1v) is 12.0. The number of nitrogens with zero attached hydrogens (tertiary/aromatic N) is 8. The molecule has 1 N–H and O–H groups in total. The lowest BCUT2D eigenvalue weighted by Crippen LogP contribution is -2.19. The molecule has 5 rings (SSSR count). The van der Waals surface area contributed by atoms with Gasteiger partial charge in [-0.05, 0) is 45.6 Å². The molecule has 1 atom stereocenters. The smallest absolute Gasteiger partial charge is 0.263 e. The number of hydrogen-bond acceptors (Lipinski definition) is 9. The summed E-state index contributed by atoms with van der Waals surface area (Å²) >= 11 is 0. The number of carbonyl (C=O) groups excluding carboxylic acids is 1. The van der Waals surface area contributed by atoms with Crippen LogP contribution in [-0.4, -0.2) is 79.7 Å². The normalized spacial score (nSPS) is 14.6. The summed E-state index contributed by atoms with van der Waals surface area (Å²) in [6.07, 6.45) is 3.49. The number of rotatable bonds is 9. The molecule has 0 unspecified atom stereocenters. The summed E-state index contributed by atoms with van der Waals surface area (Å²) in [7, 11) is 5.41. The Kier molecular flexibility index (Phi) is 6.82. The monoisotopic (exact) mass is 503 g/mol. The molecule has 4 aromatic heterocycles. The molecular formula is C25H29N9O3. The molecule has 5 heterocycles. The van der Waals surface area contributed by atoms with Crippen LogP contribution in [0.1, 0.15) is 35.6 Å². The molecule has 0 saturated heterocycles. The third kappa shape index (κ3) is 5.14. The Morgan fingerprint density at radius 1 is 1.16 bits per heavy atom. The van der Waals surface area contributed by atoms with Crippen LogP contribution in [0.25, 0.3) is 17.3 Å². The molecule has 1 aliphatic heterocycles. The number of carbonyl (C=O) groups is 1. The fourth-order valence-electron chi connectivity index (χ4n) is 4.14. The van der Waals surface area contributed by atoms with E-state index in [0.29, 0.717) is 41.7 Å². The van der Waals surface area contributed by atoms with Crippen molar-refractivity contribution < 1.29 is 14.3 Å². The Hall–Kier alpha value is -4.32. The fraction of sp³-hybridized carbons (Fsp3) is 0.360. The first-order valence-electron chi connectivity index (χ1n) is 12.0. The highest BCUT2D eigenvalue weighted by Crippen LogP contribution is 2.30. The van der Waals surface area contributed by atoms with Gasteiger partial charge in [-0.25, -0.2) is 9.67 Å². The zero-order chi connectivity index (χ0) is 25.9. The van der Waals surface area contributed by atoms with E-state index in [4.69, 9.17) is 9.47 Å². The topological polar surface area (TPSA) is 125 Å². The second-order valence-corrected chi connectivity index (χ2v) is 9.04. The maximum Gasteiger partial charge on any atom is 0.263 e. The highest BCUT2D eigenvalue weighted by Gasteiger charge is 2.25. The molecule has 0 aromatic carbocycles. The SMILES string of the molecule is COc1nn(-c2cccc(OCCN(C)C)n2)cc1C(=O)Nc1cccc(-c2nnc3n2[C@@H](C)CC3)n1. The van der Waals surface area contributed by atoms with E-state index in [1.54, 1.807) is 24.4 Å². The van der Waals surface area contributed by atoms with Crippen LogP contribution in [0, 0.1) is 0 Å². The number of fused-ring (bicyclic) bond motifs is 1. The van der Waals surface area contributed by atoms with Gasteiger partial charge in [0.1, 0.15) is 29.5 Å². The van der Waals surface area contributed by atoms with E-state index in [9.17, 15) is 4.79 Å². The summed E-state index contributed by atoms with van der Waals surface area (Å²) in [6.45, 7) is 3.40. The largest absolute Gasteiger partial charge is 0.479 e. The van der Waals surface area contributed by atoms with Gasteiger partial charge in [0.25, 0.3) is 5.91 Å². The Labute approximate surface area is 214 Å². The predicted octanol–water partition coefficient (Wildman–Crippen LogP) is 2.63. The molecule has 0 spiro atoms. The number of likely N-dealkylation sites (N-methyl/N-ethyl adjacent to an activating group) is 1. The van der Waals surface area contributed by atoms with Crippen LogP contribution < -0.4 is 14.8 Å². The minimum atomic E-state index is -0.411. The van der Waals surface area contributed by atoms with Crippen molar-refractivity contribution in [1.29, 1.82) is 0 Å². The number of amides is 1. The van der Waals surface area contributed by atoms with Crippen molar-refractivity contribution in [3.63, 3.8) is 0 Å². The van der Waals surface area contributed by atoms with E-state index in [2.05, 4.69) is 42.1 Å². The summed E-state index contributed by atoms with van der Waals surface area (Å²) in [6, 6.07) is 11.1. The van der Waals surface area contributed by atoms with E-state index >= 15 is 0 Å². The minimum absolute atomic E-state index is 0.165. The summed E-state index contributed by atoms with van der Waals surface area (Å²) in [5, 5.41) is 15.8. The minimum Gasteiger partial charge on any atom is -0.479 e. The van der Waals surface area contributed by atoms with Crippen LogP contribution in [0.5, 0.6) is 11.8 Å². The second kappa shape index (κ2) is 10.3. The van der Waals surface area contributed by atoms with E-state index in [1.165, 1.54) is 11.8 Å². The maximum atomic E-state index is 13.2. The van der Waals surface area contributed by atoms with Gasteiger partial charge in [0.15, 0.2) is 11.6 Å². The van der Waals surface area contributed by atoms with Crippen LogP contribution in [0.3, 0.4) is 0 Å². The van der Waals surface area contributed by atoms with Crippen molar-refractivity contribution in [3.05, 3.63) is 54.0 Å². The highest BCUT2D eigenvalue weighted by molar-refractivity contribution is 6.05. The van der Waals surface area contributed by atoms with Gasteiger partial charge < -0.3 is 24.3 Å². The lowest BCUT2D eigenvalue weighted by molar-refractivity contribution is 0.102. The van der Waals surface area contributed by atoms with Gasteiger partial charge in [-0.1, -0.05) is 12.1 Å². The van der Waals surface area contributed by atoms with E-state index < -0.39 is 5.91 Å². The quantitative estimate of drug-likeness (QED) is 0.367. The second-order valence-electron chi connectivity index (χ2n) is 9.04. The average Bonchev–Trinajstić information content (AvgIpc) is 3.60. The first-order chi connectivity index (χ1) is 17.9. The van der Waals surface area contributed by atoms with E-state index in [0.717, 1.165) is 25.2 Å². The number of methoxy groups -OCH3 is 1. The van der Waals surface area contributed by atoms with Crippen LogP contribution >= 0.6 is 0 Å². The van der Waals surface area contributed by atoms with Crippen LogP contribution in [0.15, 0.2) is 42.6 Å². The number of nitrogens with one attached hydrogen (secondary N) is 1. The third-order valence-corrected chi connectivity index (χ3v) is 6.06. The third-order valence-electron chi connectivity index (χ3n) is 6.06. The Morgan fingerprint density at radius 2 is 2.00 bits per heavy atom. The molecule has 12 nitrogen and oxygen atoms in total. The lowest BCUT2D eigenvalue weighted by Gasteiger charge is -2.10. The van der Waals surface area contributed by atoms with Gasteiger partial charge in [-0.3, -0.25) is 4.79 Å². The van der Waals surface area contributed by atoms with Gasteiger partial charge in [0.2, 0.25) is 11.8 Å². The predicted molar refractivity (Wildman–Crippen MR) is 136 cm³/mol. The first kappa shape index (κ1) is 24.4. The molecule has 0 fully saturated rings. The molecule has 37 heavy (non-hydrogen) atoms. The lowest BCUT2D eigenvalue weighted by atomic mass is 10.2. The number of hydrogen-bond donors (Lipinski definition) is 1. The van der Waals surface area contributed by atoms with Crippen LogP contribution in [-0.2, 0) is 6.42 Å². The van der Waals surface area contributed by atoms with Gasteiger partial charge in [0.05, 0.1) is 7.11 Å². The molecule has 1 aliphatic rings. The molecule has 0 bridgehead atoms. The van der Waals surface area contributed by atoms with Gasteiger partial charge in [-0.2, -0.15) is 4.98 Å². The van der Waals surface area contributed by atoms with Crippen molar-refractivity contribution in [2.45, 2.75) is 25.8 Å². The summed E-state index contributed by atoms with van der Waals surface area (Å²) in [4.78, 5) is 24.3.